The fraction of sp³-hybridized carbons (Fsp3) is 0.370. The molecule has 0 radical (unpaired) electrons. The molecule has 3 aromatic rings. The molecule has 2 atom stereocenters. The Balaban J connectivity index is 1.29. The maximum Gasteiger partial charge on any atom is 0.231 e. The SMILES string of the molecule is CC(C)C1=C(F)C=CC(Nc2nc3cc(Oc4ccnc(NC(=O)C5CCOC5)c4)ccc3n2C)C1. The van der Waals surface area contributed by atoms with E-state index in [1.807, 2.05) is 49.7 Å². The number of hydrogen-bond acceptors (Lipinski definition) is 6. The largest absolute Gasteiger partial charge is 0.457 e. The van der Waals surface area contributed by atoms with Gasteiger partial charge in [0.1, 0.15) is 23.1 Å². The molecule has 0 bridgehead atoms. The van der Waals surface area contributed by atoms with Gasteiger partial charge in [0.05, 0.1) is 29.6 Å². The maximum atomic E-state index is 14.1. The van der Waals surface area contributed by atoms with Gasteiger partial charge in [-0.25, -0.2) is 14.4 Å². The number of carbonyl (C=O) groups is 1. The Kier molecular flexibility index (Phi) is 6.73. The van der Waals surface area contributed by atoms with Crippen molar-refractivity contribution < 1.29 is 18.7 Å². The number of nitrogens with one attached hydrogen (secondary N) is 2. The first-order valence-corrected chi connectivity index (χ1v) is 12.2. The summed E-state index contributed by atoms with van der Waals surface area (Å²) in [4.78, 5) is 21.3. The molecule has 1 fully saturated rings. The van der Waals surface area contributed by atoms with Gasteiger partial charge in [-0.05, 0) is 48.6 Å². The van der Waals surface area contributed by atoms with Crippen molar-refractivity contribution in [2.75, 3.05) is 23.8 Å². The lowest BCUT2D eigenvalue weighted by Gasteiger charge is -2.23. The van der Waals surface area contributed by atoms with Crippen molar-refractivity contribution in [1.82, 2.24) is 14.5 Å². The number of aromatic nitrogens is 3. The van der Waals surface area contributed by atoms with Gasteiger partial charge in [0.15, 0.2) is 0 Å². The molecule has 1 aliphatic carbocycles. The van der Waals surface area contributed by atoms with E-state index in [4.69, 9.17) is 14.5 Å². The molecule has 0 saturated carbocycles. The molecule has 3 heterocycles. The number of anilines is 2. The van der Waals surface area contributed by atoms with Crippen molar-refractivity contribution in [2.45, 2.75) is 32.7 Å². The number of amides is 1. The molecule has 1 amide bonds. The number of rotatable bonds is 7. The van der Waals surface area contributed by atoms with Gasteiger partial charge in [0, 0.05) is 32.0 Å². The minimum atomic E-state index is -0.151. The number of benzene rings is 1. The Bertz CT molecular complexity index is 1340. The highest BCUT2D eigenvalue weighted by molar-refractivity contribution is 5.92. The van der Waals surface area contributed by atoms with Crippen molar-refractivity contribution >= 4 is 28.7 Å². The summed E-state index contributed by atoms with van der Waals surface area (Å²) in [6.45, 7) is 5.05. The van der Waals surface area contributed by atoms with Crippen LogP contribution in [0.5, 0.6) is 11.5 Å². The molecular formula is C27H30FN5O3. The molecule has 0 spiro atoms. The predicted molar refractivity (Wildman–Crippen MR) is 137 cm³/mol. The first kappa shape index (κ1) is 24.0. The van der Waals surface area contributed by atoms with E-state index >= 15 is 0 Å². The zero-order chi connectivity index (χ0) is 25.2. The molecule has 2 N–H and O–H groups in total. The van der Waals surface area contributed by atoms with Crippen molar-refractivity contribution in [3.05, 3.63) is 60.1 Å². The maximum absolute atomic E-state index is 14.1. The summed E-state index contributed by atoms with van der Waals surface area (Å²) < 4.78 is 27.4. The van der Waals surface area contributed by atoms with Gasteiger partial charge >= 0.3 is 0 Å². The number of fused-ring (bicyclic) bond motifs is 1. The quantitative estimate of drug-likeness (QED) is 0.463. The smallest absolute Gasteiger partial charge is 0.231 e. The Morgan fingerprint density at radius 3 is 2.86 bits per heavy atom. The summed E-state index contributed by atoms with van der Waals surface area (Å²) in [5.74, 6) is 2.07. The second kappa shape index (κ2) is 10.1. The van der Waals surface area contributed by atoms with Crippen LogP contribution in [0.4, 0.5) is 16.2 Å². The zero-order valence-electron chi connectivity index (χ0n) is 20.6. The van der Waals surface area contributed by atoms with Gasteiger partial charge in [0.2, 0.25) is 11.9 Å². The average molecular weight is 492 g/mol. The normalized spacial score (nSPS) is 19.8. The van der Waals surface area contributed by atoms with Gasteiger partial charge in [-0.2, -0.15) is 0 Å². The third kappa shape index (κ3) is 5.11. The first-order valence-electron chi connectivity index (χ1n) is 12.2. The monoisotopic (exact) mass is 491 g/mol. The topological polar surface area (TPSA) is 90.3 Å². The van der Waals surface area contributed by atoms with Crippen molar-refractivity contribution in [2.24, 2.45) is 18.9 Å². The molecule has 2 unspecified atom stereocenters. The number of ether oxygens (including phenoxy) is 2. The molecule has 36 heavy (non-hydrogen) atoms. The third-order valence-electron chi connectivity index (χ3n) is 6.60. The number of aryl methyl sites for hydroxylation is 1. The van der Waals surface area contributed by atoms with Gasteiger partial charge in [-0.3, -0.25) is 4.79 Å². The summed E-state index contributed by atoms with van der Waals surface area (Å²) in [5.41, 5.74) is 2.53. The standard InChI is InChI=1S/C27H30FN5O3/c1-16(2)21-12-18(4-6-22(21)28)30-27-31-23-13-19(5-7-24(23)33(27)3)36-20-8-10-29-25(14-20)32-26(34)17-9-11-35-15-17/h4-8,10,13-14,16-18H,9,11-12,15H2,1-3H3,(H,30,31)(H,29,32,34). The van der Waals surface area contributed by atoms with Crippen LogP contribution in [-0.4, -0.2) is 39.7 Å². The van der Waals surface area contributed by atoms with Gasteiger partial charge in [-0.1, -0.05) is 19.9 Å². The summed E-state index contributed by atoms with van der Waals surface area (Å²) in [5, 5.41) is 6.26. The molecular weight excluding hydrogens is 461 g/mol. The van der Waals surface area contributed by atoms with E-state index in [-0.39, 0.29) is 29.6 Å². The number of pyridine rings is 1. The second-order valence-electron chi connectivity index (χ2n) is 9.52. The molecule has 1 saturated heterocycles. The minimum Gasteiger partial charge on any atom is -0.457 e. The van der Waals surface area contributed by atoms with E-state index in [0.717, 1.165) is 16.6 Å². The Labute approximate surface area is 209 Å². The lowest BCUT2D eigenvalue weighted by molar-refractivity contribution is -0.119. The molecule has 1 aliphatic heterocycles. The summed E-state index contributed by atoms with van der Waals surface area (Å²) >= 11 is 0. The summed E-state index contributed by atoms with van der Waals surface area (Å²) in [6.07, 6.45) is 6.29. The minimum absolute atomic E-state index is 0.0330. The van der Waals surface area contributed by atoms with Crippen LogP contribution < -0.4 is 15.4 Å². The Morgan fingerprint density at radius 1 is 1.25 bits per heavy atom. The number of carbonyl (C=O) groups excluding carboxylic acids is 1. The van der Waals surface area contributed by atoms with Crippen LogP contribution in [-0.2, 0) is 16.6 Å². The van der Waals surface area contributed by atoms with Gasteiger partial charge in [-0.15, -0.1) is 0 Å². The molecule has 5 rings (SSSR count). The van der Waals surface area contributed by atoms with Crippen LogP contribution in [0, 0.1) is 11.8 Å². The number of nitrogens with zero attached hydrogens (tertiary/aromatic N) is 3. The van der Waals surface area contributed by atoms with E-state index in [0.29, 0.717) is 49.3 Å². The zero-order valence-corrected chi connectivity index (χ0v) is 20.6. The highest BCUT2D eigenvalue weighted by atomic mass is 19.1. The first-order chi connectivity index (χ1) is 17.4. The van der Waals surface area contributed by atoms with Crippen LogP contribution in [0.25, 0.3) is 11.0 Å². The van der Waals surface area contributed by atoms with Crippen molar-refractivity contribution in [1.29, 1.82) is 0 Å². The molecule has 188 valence electrons. The Morgan fingerprint density at radius 2 is 2.08 bits per heavy atom. The molecule has 2 aromatic heterocycles. The van der Waals surface area contributed by atoms with Crippen LogP contribution in [0.1, 0.15) is 26.7 Å². The summed E-state index contributed by atoms with van der Waals surface area (Å²) in [7, 11) is 1.94. The van der Waals surface area contributed by atoms with Crippen LogP contribution in [0.15, 0.2) is 60.1 Å². The van der Waals surface area contributed by atoms with E-state index in [2.05, 4.69) is 15.6 Å². The fourth-order valence-electron chi connectivity index (χ4n) is 4.51. The van der Waals surface area contributed by atoms with Crippen LogP contribution in [0.3, 0.4) is 0 Å². The van der Waals surface area contributed by atoms with Crippen molar-refractivity contribution in [3.63, 3.8) is 0 Å². The second-order valence-corrected chi connectivity index (χ2v) is 9.52. The molecule has 1 aromatic carbocycles. The van der Waals surface area contributed by atoms with Crippen molar-refractivity contribution in [3.8, 4) is 11.5 Å². The number of allylic oxidation sites excluding steroid dienone is 2. The van der Waals surface area contributed by atoms with Crippen LogP contribution in [0.2, 0.25) is 0 Å². The van der Waals surface area contributed by atoms with Gasteiger partial charge < -0.3 is 24.7 Å². The number of hydrogen-bond donors (Lipinski definition) is 2. The lowest BCUT2D eigenvalue weighted by Crippen LogP contribution is -2.23. The van der Waals surface area contributed by atoms with Gasteiger partial charge in [0.25, 0.3) is 0 Å². The fourth-order valence-corrected chi connectivity index (χ4v) is 4.51. The molecule has 9 heteroatoms. The van der Waals surface area contributed by atoms with E-state index < -0.39 is 0 Å². The highest BCUT2D eigenvalue weighted by Crippen LogP contribution is 2.31. The lowest BCUT2D eigenvalue weighted by atomic mass is 9.91. The van der Waals surface area contributed by atoms with Crippen LogP contribution >= 0.6 is 0 Å². The molecule has 2 aliphatic rings. The highest BCUT2D eigenvalue weighted by Gasteiger charge is 2.24. The molecule has 8 nitrogen and oxygen atoms in total. The summed E-state index contributed by atoms with van der Waals surface area (Å²) in [6, 6.07) is 9.08. The number of imidazole rings is 1. The average Bonchev–Trinajstić information content (AvgIpc) is 3.49. The Hall–Kier alpha value is -3.72. The third-order valence-corrected chi connectivity index (χ3v) is 6.60. The number of halogens is 1. The predicted octanol–water partition coefficient (Wildman–Crippen LogP) is 5.36. The van der Waals surface area contributed by atoms with E-state index in [1.54, 1.807) is 18.3 Å². The van der Waals surface area contributed by atoms with E-state index in [9.17, 15) is 9.18 Å². The van der Waals surface area contributed by atoms with E-state index in [1.165, 1.54) is 6.08 Å².